The molecule has 56 valence electrons. The third-order valence-electron chi connectivity index (χ3n) is 1.43. The van der Waals surface area contributed by atoms with E-state index < -0.39 is 0 Å². The third-order valence-corrected chi connectivity index (χ3v) is 1.98. The molecule has 0 aliphatic rings. The predicted octanol–water partition coefficient (Wildman–Crippen LogP) is 2.09. The molecular formula is C7H11IN2. The Morgan fingerprint density at radius 1 is 1.60 bits per heavy atom. The Bertz CT molecular complexity index is 222. The first kappa shape index (κ1) is 8.04. The predicted molar refractivity (Wildman–Crippen MR) is 50.3 cm³/mol. The molecule has 0 saturated heterocycles. The Morgan fingerprint density at radius 2 is 2.20 bits per heavy atom. The SMILES string of the molecule is Cn1nccc1C(C)(C)I. The number of hydrogen-bond acceptors (Lipinski definition) is 1. The molecule has 1 heterocycles. The summed E-state index contributed by atoms with van der Waals surface area (Å²) in [6.45, 7) is 4.34. The van der Waals surface area contributed by atoms with E-state index in [0.717, 1.165) is 0 Å². The highest BCUT2D eigenvalue weighted by atomic mass is 127. The molecule has 2 nitrogen and oxygen atoms in total. The van der Waals surface area contributed by atoms with Gasteiger partial charge in [0.15, 0.2) is 0 Å². The van der Waals surface area contributed by atoms with Crippen molar-refractivity contribution < 1.29 is 0 Å². The van der Waals surface area contributed by atoms with Gasteiger partial charge in [-0.15, -0.1) is 0 Å². The highest BCUT2D eigenvalue weighted by Gasteiger charge is 2.18. The van der Waals surface area contributed by atoms with Gasteiger partial charge in [0.2, 0.25) is 0 Å². The minimum absolute atomic E-state index is 0.184. The van der Waals surface area contributed by atoms with Gasteiger partial charge in [-0.1, -0.05) is 22.6 Å². The lowest BCUT2D eigenvalue weighted by molar-refractivity contribution is 0.654. The number of rotatable bonds is 1. The van der Waals surface area contributed by atoms with Crippen molar-refractivity contribution in [3.05, 3.63) is 18.0 Å². The standard InChI is InChI=1S/C7H11IN2/c1-7(2,8)6-4-5-9-10(6)3/h4-5H,1-3H3. The van der Waals surface area contributed by atoms with Gasteiger partial charge in [-0.3, -0.25) is 4.68 Å². The summed E-state index contributed by atoms with van der Waals surface area (Å²) in [5, 5.41) is 4.09. The van der Waals surface area contributed by atoms with Crippen LogP contribution in [0, 0.1) is 0 Å². The fourth-order valence-electron chi connectivity index (χ4n) is 0.957. The van der Waals surface area contributed by atoms with Crippen LogP contribution in [0.4, 0.5) is 0 Å². The molecule has 1 aromatic rings. The van der Waals surface area contributed by atoms with Gasteiger partial charge in [0.1, 0.15) is 0 Å². The smallest absolute Gasteiger partial charge is 0.0583 e. The molecule has 10 heavy (non-hydrogen) atoms. The molecule has 0 radical (unpaired) electrons. The van der Waals surface area contributed by atoms with Gasteiger partial charge in [-0.05, 0) is 19.9 Å². The van der Waals surface area contributed by atoms with E-state index in [1.165, 1.54) is 5.69 Å². The Kier molecular flexibility index (Phi) is 2.03. The van der Waals surface area contributed by atoms with E-state index in [9.17, 15) is 0 Å². The first-order valence-electron chi connectivity index (χ1n) is 3.19. The molecule has 1 aromatic heterocycles. The molecule has 0 N–H and O–H groups in total. The molecule has 0 atom stereocenters. The van der Waals surface area contributed by atoms with Crippen LogP contribution >= 0.6 is 22.6 Å². The van der Waals surface area contributed by atoms with E-state index in [4.69, 9.17) is 0 Å². The van der Waals surface area contributed by atoms with E-state index in [1.807, 2.05) is 24.0 Å². The number of aromatic nitrogens is 2. The zero-order chi connectivity index (χ0) is 7.78. The zero-order valence-corrected chi connectivity index (χ0v) is 8.58. The second kappa shape index (κ2) is 2.53. The van der Waals surface area contributed by atoms with Crippen LogP contribution in [-0.2, 0) is 10.5 Å². The summed E-state index contributed by atoms with van der Waals surface area (Å²) in [4.78, 5) is 0. The van der Waals surface area contributed by atoms with Crippen molar-refractivity contribution in [3.63, 3.8) is 0 Å². The number of alkyl halides is 1. The van der Waals surface area contributed by atoms with Gasteiger partial charge < -0.3 is 0 Å². The topological polar surface area (TPSA) is 17.8 Å². The summed E-state index contributed by atoms with van der Waals surface area (Å²) in [7, 11) is 1.97. The maximum atomic E-state index is 4.09. The van der Waals surface area contributed by atoms with Crippen LogP contribution in [0.2, 0.25) is 0 Å². The number of halogens is 1. The van der Waals surface area contributed by atoms with E-state index in [0.29, 0.717) is 0 Å². The molecule has 3 heteroatoms. The Balaban J connectivity index is 3.05. The molecule has 1 rings (SSSR count). The summed E-state index contributed by atoms with van der Waals surface area (Å²) in [5.74, 6) is 0. The summed E-state index contributed by atoms with van der Waals surface area (Å²) in [6, 6.07) is 2.05. The van der Waals surface area contributed by atoms with Gasteiger partial charge in [-0.2, -0.15) is 5.10 Å². The molecule has 0 fully saturated rings. The number of nitrogens with zero attached hydrogens (tertiary/aromatic N) is 2. The fourth-order valence-corrected chi connectivity index (χ4v) is 1.49. The van der Waals surface area contributed by atoms with Crippen molar-refractivity contribution in [1.82, 2.24) is 9.78 Å². The largest absolute Gasteiger partial charge is 0.271 e. The number of hydrogen-bond donors (Lipinski definition) is 0. The second-order valence-electron chi connectivity index (χ2n) is 2.81. The maximum absolute atomic E-state index is 4.09. The molecule has 0 saturated carbocycles. The van der Waals surface area contributed by atoms with Gasteiger partial charge >= 0.3 is 0 Å². The van der Waals surface area contributed by atoms with Crippen molar-refractivity contribution in [2.45, 2.75) is 17.3 Å². The minimum Gasteiger partial charge on any atom is -0.271 e. The molecule has 0 spiro atoms. The summed E-state index contributed by atoms with van der Waals surface area (Å²) < 4.78 is 2.09. The average molecular weight is 250 g/mol. The van der Waals surface area contributed by atoms with Gasteiger partial charge in [0.05, 0.1) is 9.12 Å². The average Bonchev–Trinajstić information content (AvgIpc) is 2.11. The van der Waals surface area contributed by atoms with E-state index >= 15 is 0 Å². The molecular weight excluding hydrogens is 239 g/mol. The maximum Gasteiger partial charge on any atom is 0.0583 e. The Morgan fingerprint density at radius 3 is 2.40 bits per heavy atom. The Hall–Kier alpha value is -0.0600. The highest BCUT2D eigenvalue weighted by molar-refractivity contribution is 14.1. The van der Waals surface area contributed by atoms with Gasteiger partial charge in [-0.25, -0.2) is 0 Å². The van der Waals surface area contributed by atoms with E-state index in [-0.39, 0.29) is 3.42 Å². The van der Waals surface area contributed by atoms with E-state index in [1.54, 1.807) is 0 Å². The molecule has 0 unspecified atom stereocenters. The third kappa shape index (κ3) is 1.51. The van der Waals surface area contributed by atoms with Crippen molar-refractivity contribution in [2.24, 2.45) is 7.05 Å². The monoisotopic (exact) mass is 250 g/mol. The lowest BCUT2D eigenvalue weighted by atomic mass is 10.1. The molecule has 0 aromatic carbocycles. The summed E-state index contributed by atoms with van der Waals surface area (Å²) in [5.41, 5.74) is 1.26. The van der Waals surface area contributed by atoms with Crippen molar-refractivity contribution >= 4 is 22.6 Å². The molecule has 0 amide bonds. The lowest BCUT2D eigenvalue weighted by Gasteiger charge is -2.15. The second-order valence-corrected chi connectivity index (χ2v) is 5.51. The first-order chi connectivity index (χ1) is 4.52. The normalized spacial score (nSPS) is 12.0. The summed E-state index contributed by atoms with van der Waals surface area (Å²) in [6.07, 6.45) is 1.83. The van der Waals surface area contributed by atoms with Crippen LogP contribution in [0.1, 0.15) is 19.5 Å². The first-order valence-corrected chi connectivity index (χ1v) is 4.27. The van der Waals surface area contributed by atoms with Crippen molar-refractivity contribution in [2.75, 3.05) is 0 Å². The van der Waals surface area contributed by atoms with Crippen LogP contribution in [-0.4, -0.2) is 9.78 Å². The van der Waals surface area contributed by atoms with Crippen LogP contribution in [0.25, 0.3) is 0 Å². The Labute approximate surface area is 74.8 Å². The van der Waals surface area contributed by atoms with Gasteiger partial charge in [0, 0.05) is 13.2 Å². The lowest BCUT2D eigenvalue weighted by Crippen LogP contribution is -2.12. The number of aryl methyl sites for hydroxylation is 1. The van der Waals surface area contributed by atoms with Crippen molar-refractivity contribution in [1.29, 1.82) is 0 Å². The van der Waals surface area contributed by atoms with Crippen molar-refractivity contribution in [3.8, 4) is 0 Å². The molecule has 0 bridgehead atoms. The zero-order valence-electron chi connectivity index (χ0n) is 6.43. The minimum atomic E-state index is 0.184. The van der Waals surface area contributed by atoms with Crippen LogP contribution in [0.3, 0.4) is 0 Å². The van der Waals surface area contributed by atoms with Crippen LogP contribution < -0.4 is 0 Å². The fraction of sp³-hybridized carbons (Fsp3) is 0.571. The van der Waals surface area contributed by atoms with Crippen LogP contribution in [0.15, 0.2) is 12.3 Å². The van der Waals surface area contributed by atoms with E-state index in [2.05, 4.69) is 41.5 Å². The highest BCUT2D eigenvalue weighted by Crippen LogP contribution is 2.29. The quantitative estimate of drug-likeness (QED) is 0.551. The summed E-state index contributed by atoms with van der Waals surface area (Å²) >= 11 is 2.40. The van der Waals surface area contributed by atoms with Crippen LogP contribution in [0.5, 0.6) is 0 Å². The molecule has 0 aliphatic carbocycles. The van der Waals surface area contributed by atoms with Gasteiger partial charge in [0.25, 0.3) is 0 Å². The molecule has 0 aliphatic heterocycles.